The first-order chi connectivity index (χ1) is 13.8. The van der Waals surface area contributed by atoms with Crippen LogP contribution >= 0.6 is 0 Å². The highest BCUT2D eigenvalue weighted by Crippen LogP contribution is 2.19. The Kier molecular flexibility index (Phi) is 6.11. The number of rotatable bonds is 6. The molecule has 0 saturated heterocycles. The number of alkyl halides is 3. The first-order valence-corrected chi connectivity index (χ1v) is 8.80. The normalized spacial score (nSPS) is 12.8. The zero-order valence-corrected chi connectivity index (χ0v) is 15.5. The molecule has 2 aromatic heterocycles. The number of ether oxygens (including phenoxy) is 1. The summed E-state index contributed by atoms with van der Waals surface area (Å²) in [5.41, 5.74) is 1.98. The number of carbonyl (C=O) groups is 1. The average Bonchev–Trinajstić information content (AvgIpc) is 2.70. The number of fused-ring (bicyclic) bond motifs is 1. The maximum Gasteiger partial charge on any atom is 0.422 e. The van der Waals surface area contributed by atoms with Crippen LogP contribution in [0.5, 0.6) is 5.75 Å². The van der Waals surface area contributed by atoms with Crippen molar-refractivity contribution in [2.24, 2.45) is 0 Å². The van der Waals surface area contributed by atoms with Gasteiger partial charge in [0, 0.05) is 11.5 Å². The van der Waals surface area contributed by atoms with Crippen molar-refractivity contribution in [3.8, 4) is 5.75 Å². The van der Waals surface area contributed by atoms with E-state index < -0.39 is 18.8 Å². The summed E-state index contributed by atoms with van der Waals surface area (Å²) in [6.07, 6.45) is -0.241. The van der Waals surface area contributed by atoms with E-state index in [0.717, 1.165) is 10.9 Å². The lowest BCUT2D eigenvalue weighted by Crippen LogP contribution is -2.25. The maximum absolute atomic E-state index is 12.2. The fraction of sp³-hybridized carbons (Fsp3) is 0.190. The third-order valence-electron chi connectivity index (χ3n) is 3.99. The van der Waals surface area contributed by atoms with Gasteiger partial charge in [0.2, 0.25) is 5.91 Å². The van der Waals surface area contributed by atoms with Gasteiger partial charge in [0.25, 0.3) is 0 Å². The van der Waals surface area contributed by atoms with Crippen molar-refractivity contribution < 1.29 is 22.7 Å². The summed E-state index contributed by atoms with van der Waals surface area (Å²) in [7, 11) is 0. The van der Waals surface area contributed by atoms with E-state index in [1.165, 1.54) is 24.4 Å². The molecular formula is C21H18F3N3O2. The number of benzene rings is 1. The van der Waals surface area contributed by atoms with Crippen molar-refractivity contribution in [3.63, 3.8) is 0 Å². The largest absolute Gasteiger partial charge is 0.483 e. The molecule has 1 amide bonds. The first kappa shape index (κ1) is 20.3. The van der Waals surface area contributed by atoms with Gasteiger partial charge in [-0.25, -0.2) is 4.98 Å². The molecule has 0 bridgehead atoms. The van der Waals surface area contributed by atoms with Crippen molar-refractivity contribution in [2.75, 3.05) is 6.61 Å². The van der Waals surface area contributed by atoms with Crippen molar-refractivity contribution in [3.05, 3.63) is 72.2 Å². The van der Waals surface area contributed by atoms with E-state index in [1.807, 2.05) is 36.4 Å². The van der Waals surface area contributed by atoms with Gasteiger partial charge in [-0.15, -0.1) is 0 Å². The van der Waals surface area contributed by atoms with E-state index in [0.29, 0.717) is 11.4 Å². The number of hydrogen-bond acceptors (Lipinski definition) is 4. The number of hydrogen-bond donors (Lipinski definition) is 1. The monoisotopic (exact) mass is 401 g/mol. The predicted molar refractivity (Wildman–Crippen MR) is 103 cm³/mol. The second-order valence-corrected chi connectivity index (χ2v) is 6.32. The number of amides is 1. The van der Waals surface area contributed by atoms with Gasteiger partial charge in [-0.3, -0.25) is 9.78 Å². The highest BCUT2D eigenvalue weighted by Gasteiger charge is 2.28. The number of carbonyl (C=O) groups excluding carboxylic acids is 1. The minimum atomic E-state index is -4.41. The molecule has 2 heterocycles. The van der Waals surface area contributed by atoms with Gasteiger partial charge < -0.3 is 10.1 Å². The molecule has 29 heavy (non-hydrogen) atoms. The summed E-state index contributed by atoms with van der Waals surface area (Å²) in [5.74, 6) is -0.335. The van der Waals surface area contributed by atoms with Crippen LogP contribution < -0.4 is 10.1 Å². The number of nitrogens with one attached hydrogen (secondary N) is 1. The van der Waals surface area contributed by atoms with Crippen molar-refractivity contribution in [1.29, 1.82) is 0 Å². The number of aromatic nitrogens is 2. The quantitative estimate of drug-likeness (QED) is 0.620. The van der Waals surface area contributed by atoms with Crippen LogP contribution in [0, 0.1) is 0 Å². The lowest BCUT2D eigenvalue weighted by Gasteiger charge is -2.13. The molecule has 5 nitrogen and oxygen atoms in total. The summed E-state index contributed by atoms with van der Waals surface area (Å²) in [4.78, 5) is 20.6. The van der Waals surface area contributed by atoms with Crippen LogP contribution in [0.15, 0.2) is 60.8 Å². The molecule has 1 N–H and O–H groups in total. The van der Waals surface area contributed by atoms with E-state index in [1.54, 1.807) is 13.0 Å². The van der Waals surface area contributed by atoms with E-state index in [-0.39, 0.29) is 11.7 Å². The van der Waals surface area contributed by atoms with Crippen LogP contribution in [0.4, 0.5) is 13.2 Å². The molecule has 0 aliphatic rings. The summed E-state index contributed by atoms with van der Waals surface area (Å²) < 4.78 is 41.1. The third-order valence-corrected chi connectivity index (χ3v) is 3.99. The van der Waals surface area contributed by atoms with Crippen molar-refractivity contribution in [1.82, 2.24) is 15.3 Å². The Hall–Kier alpha value is -3.42. The van der Waals surface area contributed by atoms with Gasteiger partial charge in [-0.2, -0.15) is 13.2 Å². The number of nitrogens with zero attached hydrogens (tertiary/aromatic N) is 2. The second kappa shape index (κ2) is 8.72. The van der Waals surface area contributed by atoms with Crippen LogP contribution in [0.25, 0.3) is 17.0 Å². The highest BCUT2D eigenvalue weighted by molar-refractivity contribution is 5.92. The van der Waals surface area contributed by atoms with Crippen LogP contribution in [0.1, 0.15) is 24.4 Å². The fourth-order valence-electron chi connectivity index (χ4n) is 2.57. The molecule has 0 aliphatic carbocycles. The van der Waals surface area contributed by atoms with Crippen LogP contribution in [-0.2, 0) is 4.79 Å². The van der Waals surface area contributed by atoms with Gasteiger partial charge in [-0.05, 0) is 37.3 Å². The second-order valence-electron chi connectivity index (χ2n) is 6.32. The zero-order chi connectivity index (χ0) is 20.9. The molecule has 0 saturated carbocycles. The molecule has 0 spiro atoms. The number of para-hydroxylation sites is 1. The topological polar surface area (TPSA) is 64.1 Å². The van der Waals surface area contributed by atoms with E-state index in [2.05, 4.69) is 20.0 Å². The summed E-state index contributed by atoms with van der Waals surface area (Å²) in [5, 5.41) is 3.75. The SMILES string of the molecule is C[C@@H](NC(=O)/C=C/c1ccc2ccccc2n1)c1ccc(OCC(F)(F)F)cn1. The zero-order valence-electron chi connectivity index (χ0n) is 15.5. The van der Waals surface area contributed by atoms with Crippen molar-refractivity contribution >= 4 is 22.9 Å². The predicted octanol–water partition coefficient (Wildman–Crippen LogP) is 4.46. The lowest BCUT2D eigenvalue weighted by atomic mass is 10.2. The highest BCUT2D eigenvalue weighted by atomic mass is 19.4. The molecule has 0 radical (unpaired) electrons. The molecule has 3 aromatic rings. The summed E-state index contributed by atoms with van der Waals surface area (Å²) >= 11 is 0. The van der Waals surface area contributed by atoms with Gasteiger partial charge in [0.1, 0.15) is 5.75 Å². The van der Waals surface area contributed by atoms with Crippen LogP contribution in [-0.4, -0.2) is 28.7 Å². The maximum atomic E-state index is 12.2. The Bertz CT molecular complexity index is 1020. The minimum Gasteiger partial charge on any atom is -0.483 e. The van der Waals surface area contributed by atoms with Crippen LogP contribution in [0.2, 0.25) is 0 Å². The van der Waals surface area contributed by atoms with Gasteiger partial charge >= 0.3 is 6.18 Å². The Balaban J connectivity index is 1.57. The van der Waals surface area contributed by atoms with E-state index in [9.17, 15) is 18.0 Å². The van der Waals surface area contributed by atoms with Crippen LogP contribution in [0.3, 0.4) is 0 Å². The Labute approximate surface area is 165 Å². The molecule has 150 valence electrons. The standard InChI is InChI=1S/C21H18F3N3O2/c1-14(18-10-9-17(12-25-18)29-13-21(22,23)24)26-20(28)11-8-16-7-6-15-4-2-3-5-19(15)27-16/h2-12,14H,13H2,1H3,(H,26,28)/b11-8+/t14-/m1/s1. The minimum absolute atomic E-state index is 0.00637. The van der Waals surface area contributed by atoms with Crippen molar-refractivity contribution in [2.45, 2.75) is 19.1 Å². The van der Waals surface area contributed by atoms with E-state index in [4.69, 9.17) is 0 Å². The first-order valence-electron chi connectivity index (χ1n) is 8.80. The summed E-state index contributed by atoms with van der Waals surface area (Å²) in [6, 6.07) is 13.9. The average molecular weight is 401 g/mol. The van der Waals surface area contributed by atoms with Gasteiger partial charge in [0.05, 0.1) is 29.1 Å². The smallest absolute Gasteiger partial charge is 0.422 e. The fourth-order valence-corrected chi connectivity index (χ4v) is 2.57. The number of halogens is 3. The van der Waals surface area contributed by atoms with Gasteiger partial charge in [-0.1, -0.05) is 24.3 Å². The molecule has 1 atom stereocenters. The Morgan fingerprint density at radius 1 is 1.17 bits per heavy atom. The molecule has 3 rings (SSSR count). The third kappa shape index (κ3) is 6.03. The Morgan fingerprint density at radius 2 is 1.97 bits per heavy atom. The molecule has 8 heteroatoms. The molecular weight excluding hydrogens is 383 g/mol. The molecule has 0 fully saturated rings. The van der Waals surface area contributed by atoms with E-state index >= 15 is 0 Å². The number of pyridine rings is 2. The Morgan fingerprint density at radius 3 is 2.69 bits per heavy atom. The molecule has 0 unspecified atom stereocenters. The molecule has 0 aliphatic heterocycles. The molecule has 1 aromatic carbocycles. The summed E-state index contributed by atoms with van der Waals surface area (Å²) in [6.45, 7) is 0.340. The lowest BCUT2D eigenvalue weighted by molar-refractivity contribution is -0.153. The van der Waals surface area contributed by atoms with Gasteiger partial charge in [0.15, 0.2) is 6.61 Å².